The molecule has 0 aromatic carbocycles. The van der Waals surface area contributed by atoms with Crippen molar-refractivity contribution in [3.05, 3.63) is 0 Å². The van der Waals surface area contributed by atoms with E-state index < -0.39 is 22.8 Å². The van der Waals surface area contributed by atoms with Gasteiger partial charge in [0.2, 0.25) is 0 Å². The van der Waals surface area contributed by atoms with Crippen molar-refractivity contribution in [3.8, 4) is 0 Å². The van der Waals surface area contributed by atoms with Crippen molar-refractivity contribution in [2.24, 2.45) is 10.8 Å². The maximum atomic E-state index is 11.0. The minimum atomic E-state index is -0.828. The molecule has 0 heterocycles. The molecule has 0 aromatic heterocycles. The van der Waals surface area contributed by atoms with E-state index in [9.17, 15) is 9.59 Å². The number of hydrogen-bond acceptors (Lipinski definition) is 4. The van der Waals surface area contributed by atoms with Crippen molar-refractivity contribution < 1.29 is 19.8 Å². The van der Waals surface area contributed by atoms with E-state index in [2.05, 4.69) is 21.3 Å². The highest BCUT2D eigenvalue weighted by Gasteiger charge is 2.27. The first kappa shape index (κ1) is 25.3. The summed E-state index contributed by atoms with van der Waals surface area (Å²) in [5.74, 6) is -1.66. The molecule has 6 N–H and O–H groups in total. The van der Waals surface area contributed by atoms with E-state index in [4.69, 9.17) is 34.6 Å². The van der Waals surface area contributed by atoms with Crippen LogP contribution in [0.4, 0.5) is 0 Å². The van der Waals surface area contributed by atoms with Gasteiger partial charge >= 0.3 is 11.9 Å². The average molecular weight is 421 g/mol. The van der Waals surface area contributed by atoms with E-state index in [1.807, 2.05) is 0 Å². The van der Waals surface area contributed by atoms with Gasteiger partial charge in [0, 0.05) is 26.2 Å². The van der Waals surface area contributed by atoms with E-state index in [1.165, 1.54) is 0 Å². The minimum Gasteiger partial charge on any atom is -0.481 e. The molecule has 0 saturated carbocycles. The molecule has 0 saturated heterocycles. The molecule has 0 aliphatic carbocycles. The highest BCUT2D eigenvalue weighted by molar-refractivity contribution is 7.80. The van der Waals surface area contributed by atoms with Crippen molar-refractivity contribution >= 4 is 46.6 Å². The monoisotopic (exact) mass is 420 g/mol. The number of rotatable bonds is 12. The highest BCUT2D eigenvalue weighted by atomic mass is 32.1. The summed E-state index contributed by atoms with van der Waals surface area (Å²) >= 11 is 10.3. The number of carboxylic acid groups (broad SMARTS) is 2. The molecule has 0 aromatic rings. The molecule has 0 aliphatic heterocycles. The van der Waals surface area contributed by atoms with Gasteiger partial charge in [-0.3, -0.25) is 9.59 Å². The summed E-state index contributed by atoms with van der Waals surface area (Å²) in [6.07, 6.45) is 1.74. The molecule has 10 heteroatoms. The number of carbonyl (C=O) groups is 2. The van der Waals surface area contributed by atoms with Crippen LogP contribution >= 0.6 is 24.4 Å². The van der Waals surface area contributed by atoms with Gasteiger partial charge in [-0.05, 0) is 71.4 Å². The van der Waals surface area contributed by atoms with Crippen LogP contribution in [0.3, 0.4) is 0 Å². The van der Waals surface area contributed by atoms with Gasteiger partial charge < -0.3 is 31.5 Å². The number of hydrogen-bond donors (Lipinski definition) is 6. The van der Waals surface area contributed by atoms with Crippen LogP contribution in [0.15, 0.2) is 0 Å². The molecule has 0 aliphatic rings. The number of nitrogens with one attached hydrogen (secondary N) is 4. The number of aliphatic carboxylic acids is 2. The molecule has 27 heavy (non-hydrogen) atoms. The molecule has 156 valence electrons. The predicted molar refractivity (Wildman–Crippen MR) is 114 cm³/mol. The molecule has 0 amide bonds. The Hall–Kier alpha value is -1.68. The number of thiocarbonyl (C=S) groups is 2. The van der Waals surface area contributed by atoms with Crippen LogP contribution in [0.2, 0.25) is 0 Å². The van der Waals surface area contributed by atoms with Crippen molar-refractivity contribution in [1.82, 2.24) is 21.3 Å². The summed E-state index contributed by atoms with van der Waals surface area (Å²) in [6, 6.07) is 0. The van der Waals surface area contributed by atoms with Gasteiger partial charge in [0.1, 0.15) is 0 Å². The smallest absolute Gasteiger partial charge is 0.309 e. The molecule has 0 rings (SSSR count). The molecular formula is C17H32N4O4S2. The van der Waals surface area contributed by atoms with E-state index >= 15 is 0 Å². The van der Waals surface area contributed by atoms with Gasteiger partial charge in [-0.15, -0.1) is 0 Å². The quantitative estimate of drug-likeness (QED) is 0.203. The molecule has 0 radical (unpaired) electrons. The fourth-order valence-electron chi connectivity index (χ4n) is 1.81. The lowest BCUT2D eigenvalue weighted by atomic mass is 9.90. The Morgan fingerprint density at radius 1 is 0.704 bits per heavy atom. The zero-order valence-electron chi connectivity index (χ0n) is 16.5. The van der Waals surface area contributed by atoms with Crippen LogP contribution in [0, 0.1) is 10.8 Å². The van der Waals surface area contributed by atoms with E-state index in [0.717, 1.165) is 6.42 Å². The predicted octanol–water partition coefficient (Wildman–Crippen LogP) is 1.31. The van der Waals surface area contributed by atoms with Crippen LogP contribution in [0.25, 0.3) is 0 Å². The maximum absolute atomic E-state index is 11.0. The summed E-state index contributed by atoms with van der Waals surface area (Å²) < 4.78 is 0. The second-order valence-corrected chi connectivity index (χ2v) is 8.41. The van der Waals surface area contributed by atoms with Crippen LogP contribution in [0.5, 0.6) is 0 Å². The lowest BCUT2D eigenvalue weighted by Gasteiger charge is -2.20. The van der Waals surface area contributed by atoms with E-state index in [0.29, 0.717) is 49.2 Å². The van der Waals surface area contributed by atoms with Gasteiger partial charge in [-0.2, -0.15) is 0 Å². The molecule has 0 fully saturated rings. The second-order valence-electron chi connectivity index (χ2n) is 7.60. The molecule has 0 unspecified atom stereocenters. The topological polar surface area (TPSA) is 123 Å². The fraction of sp³-hybridized carbons (Fsp3) is 0.765. The third-order valence-corrected chi connectivity index (χ3v) is 4.73. The SMILES string of the molecule is CC(C)(CCNC(=S)NCCCNC(=S)NCCC(C)(C)C(=O)O)C(=O)O. The third kappa shape index (κ3) is 11.6. The summed E-state index contributed by atoms with van der Waals surface area (Å²) in [6.45, 7) is 8.99. The molecule has 0 spiro atoms. The first-order valence-corrected chi connectivity index (χ1v) is 9.70. The van der Waals surface area contributed by atoms with E-state index in [1.54, 1.807) is 27.7 Å². The fourth-order valence-corrected chi connectivity index (χ4v) is 2.22. The highest BCUT2D eigenvalue weighted by Crippen LogP contribution is 2.19. The zero-order valence-corrected chi connectivity index (χ0v) is 18.1. The van der Waals surface area contributed by atoms with Crippen molar-refractivity contribution in [2.75, 3.05) is 26.2 Å². The summed E-state index contributed by atoms with van der Waals surface area (Å²) in [4.78, 5) is 22.0. The molecular weight excluding hydrogens is 388 g/mol. The Morgan fingerprint density at radius 3 is 1.30 bits per heavy atom. The zero-order chi connectivity index (χ0) is 21.1. The van der Waals surface area contributed by atoms with Crippen molar-refractivity contribution in [3.63, 3.8) is 0 Å². The maximum Gasteiger partial charge on any atom is 0.309 e. The van der Waals surface area contributed by atoms with Gasteiger partial charge in [-0.25, -0.2) is 0 Å². The van der Waals surface area contributed by atoms with Gasteiger partial charge in [0.15, 0.2) is 10.2 Å². The molecule has 0 atom stereocenters. The van der Waals surface area contributed by atoms with Crippen molar-refractivity contribution in [1.29, 1.82) is 0 Å². The first-order chi connectivity index (χ1) is 12.4. The summed E-state index contributed by atoms with van der Waals surface area (Å²) in [5, 5.41) is 31.2. The third-order valence-electron chi connectivity index (χ3n) is 4.15. The van der Waals surface area contributed by atoms with Gasteiger partial charge in [0.25, 0.3) is 0 Å². The summed E-state index contributed by atoms with van der Waals surface area (Å²) in [5.41, 5.74) is -1.57. The van der Waals surface area contributed by atoms with Crippen LogP contribution in [0.1, 0.15) is 47.0 Å². The minimum absolute atomic E-state index is 0.477. The first-order valence-electron chi connectivity index (χ1n) is 8.89. The van der Waals surface area contributed by atoms with Gasteiger partial charge in [-0.1, -0.05) is 0 Å². The lowest BCUT2D eigenvalue weighted by molar-refractivity contribution is -0.148. The van der Waals surface area contributed by atoms with Crippen molar-refractivity contribution in [2.45, 2.75) is 47.0 Å². The second kappa shape index (κ2) is 11.9. The standard InChI is InChI=1S/C17H32N4O4S2/c1-16(2,12(22)23)6-10-20-14(26)18-8-5-9-19-15(27)21-11-7-17(3,4)13(24)25/h5-11H2,1-4H3,(H,22,23)(H,24,25)(H2,18,20,26)(H2,19,21,27). The van der Waals surface area contributed by atoms with Crippen LogP contribution in [-0.4, -0.2) is 58.6 Å². The lowest BCUT2D eigenvalue weighted by Crippen LogP contribution is -2.41. The largest absolute Gasteiger partial charge is 0.481 e. The molecule has 0 bridgehead atoms. The Balaban J connectivity index is 3.73. The summed E-state index contributed by atoms with van der Waals surface area (Å²) in [7, 11) is 0. The number of carboxylic acids is 2. The normalized spacial score (nSPS) is 11.4. The average Bonchev–Trinajstić information content (AvgIpc) is 2.53. The Morgan fingerprint density at radius 2 is 1.00 bits per heavy atom. The van der Waals surface area contributed by atoms with Crippen LogP contribution in [-0.2, 0) is 9.59 Å². The Labute approximate surface area is 171 Å². The molecule has 8 nitrogen and oxygen atoms in total. The van der Waals surface area contributed by atoms with Gasteiger partial charge in [0.05, 0.1) is 10.8 Å². The Kier molecular flexibility index (Phi) is 11.2. The Bertz CT molecular complexity index is 493. The van der Waals surface area contributed by atoms with E-state index in [-0.39, 0.29) is 0 Å². The van der Waals surface area contributed by atoms with Crippen LogP contribution < -0.4 is 21.3 Å².